The third-order valence-corrected chi connectivity index (χ3v) is 1.60. The van der Waals surface area contributed by atoms with E-state index in [1.807, 2.05) is 0 Å². The molecule has 0 aliphatic heterocycles. The van der Waals surface area contributed by atoms with E-state index in [4.69, 9.17) is 10.2 Å². The van der Waals surface area contributed by atoms with Gasteiger partial charge in [0.25, 0.3) is 0 Å². The molecule has 0 bridgehead atoms. The summed E-state index contributed by atoms with van der Waals surface area (Å²) < 4.78 is -1.77. The van der Waals surface area contributed by atoms with Gasteiger partial charge in [0.05, 0.1) is 0 Å². The lowest BCUT2D eigenvalue weighted by Crippen LogP contribution is -2.39. The Morgan fingerprint density at radius 2 is 1.73 bits per heavy atom. The zero-order chi connectivity index (χ0) is 9.49. The van der Waals surface area contributed by atoms with Crippen LogP contribution in [0.5, 0.6) is 0 Å². The second kappa shape index (κ2) is 7.89. The van der Waals surface area contributed by atoms with Crippen molar-refractivity contribution in [2.24, 2.45) is 0 Å². The van der Waals surface area contributed by atoms with Crippen LogP contribution in [0.1, 0.15) is 0 Å². The number of nitrogens with zero attached hydrogens (tertiary/aromatic N) is 1. The Hall–Kier alpha value is 1.26. The van der Waals surface area contributed by atoms with Crippen molar-refractivity contribution in [1.29, 1.82) is 0 Å². The Balaban J connectivity index is 0. The highest BCUT2D eigenvalue weighted by molar-refractivity contribution is 15.0. The highest BCUT2D eigenvalue weighted by atomic mass is 128. The van der Waals surface area contributed by atoms with Gasteiger partial charge < -0.3 is 10.2 Å². The van der Waals surface area contributed by atoms with E-state index in [0.29, 0.717) is 0 Å². The first kappa shape index (κ1) is 14.8. The molecule has 11 heavy (non-hydrogen) atoms. The minimum atomic E-state index is -1.77. The maximum absolute atomic E-state index is 9.92. The number of aliphatic hydroxyl groups is 2. The van der Waals surface area contributed by atoms with Crippen LogP contribution in [0.15, 0.2) is 0 Å². The molecule has 2 N–H and O–H groups in total. The number of aliphatic hydroxyl groups excluding tert-OH is 2. The summed E-state index contributed by atoms with van der Waals surface area (Å²) in [5.41, 5.74) is 0. The molecule has 0 unspecified atom stereocenters. The molecule has 0 aliphatic rings. The van der Waals surface area contributed by atoms with Gasteiger partial charge in [0.2, 0.25) is 0 Å². The first-order valence-electron chi connectivity index (χ1n) is 2.26. The molecule has 0 heterocycles. The quantitative estimate of drug-likeness (QED) is 0.220. The van der Waals surface area contributed by atoms with E-state index >= 15 is 0 Å². The second-order valence-electron chi connectivity index (χ2n) is 1.49. The van der Waals surface area contributed by atoms with Crippen LogP contribution in [0.3, 0.4) is 0 Å². The number of halogens is 3. The topological polar surface area (TPSA) is 83.6 Å². The molecule has 0 spiro atoms. The lowest BCUT2D eigenvalue weighted by molar-refractivity contribution is -0.542. The largest absolute Gasteiger partial charge is 0.388 e. The van der Waals surface area contributed by atoms with Crippen LogP contribution in [0.2, 0.25) is 0 Å². The fourth-order valence-corrected chi connectivity index (χ4v) is 0.165. The molecule has 0 aliphatic carbocycles. The number of alkyl halides is 1. The van der Waals surface area contributed by atoms with E-state index in [0.717, 1.165) is 0 Å². The lowest BCUT2D eigenvalue weighted by atomic mass is 10.4. The molecule has 0 atom stereocenters. The normalized spacial score (nSPS) is 9.91. The van der Waals surface area contributed by atoms with Crippen LogP contribution in [0.25, 0.3) is 0 Å². The summed E-state index contributed by atoms with van der Waals surface area (Å²) >= 11 is 6.79. The fourth-order valence-electron chi connectivity index (χ4n) is 0.165. The Kier molecular flexibility index (Phi) is 10.6. The highest BCUT2D eigenvalue weighted by Gasteiger charge is 2.38. The third kappa shape index (κ3) is 5.49. The molecule has 0 aromatic heterocycles. The first-order chi connectivity index (χ1) is 5.06. The smallest absolute Gasteiger partial charge is 0.319 e. The van der Waals surface area contributed by atoms with E-state index < -0.39 is 22.6 Å². The summed E-state index contributed by atoms with van der Waals surface area (Å²) in [6.45, 7) is -1.45. The highest BCUT2D eigenvalue weighted by Crippen LogP contribution is 2.15. The van der Waals surface area contributed by atoms with Crippen LogP contribution in [-0.4, -0.2) is 32.8 Å². The summed E-state index contributed by atoms with van der Waals surface area (Å²) in [5.74, 6) is 0. The Labute approximate surface area is 95.1 Å². The minimum Gasteiger partial charge on any atom is -0.388 e. The van der Waals surface area contributed by atoms with Gasteiger partial charge in [0.15, 0.2) is 0 Å². The van der Waals surface area contributed by atoms with Crippen LogP contribution in [0.4, 0.5) is 0 Å². The molecule has 0 aromatic rings. The van der Waals surface area contributed by atoms with Crippen LogP contribution >= 0.6 is 53.2 Å². The maximum atomic E-state index is 9.92. The van der Waals surface area contributed by atoms with E-state index in [-0.39, 0.29) is 0 Å². The lowest BCUT2D eigenvalue weighted by Gasteiger charge is -2.11. The zero-order valence-electron chi connectivity index (χ0n) is 5.21. The van der Waals surface area contributed by atoms with Gasteiger partial charge in [-0.05, 0) is 0 Å². The number of nitro groups is 1. The van der Waals surface area contributed by atoms with Crippen molar-refractivity contribution in [2.75, 3.05) is 13.2 Å². The molecule has 0 fully saturated rings. The van der Waals surface area contributed by atoms with E-state index in [2.05, 4.69) is 53.2 Å². The number of hydrogen-bond acceptors (Lipinski definition) is 4. The molecule has 0 rings (SSSR count). The van der Waals surface area contributed by atoms with Gasteiger partial charge in [-0.25, -0.2) is 0 Å². The van der Waals surface area contributed by atoms with Crippen molar-refractivity contribution in [3.8, 4) is 0 Å². The predicted octanol–water partition coefficient (Wildman–Crippen LogP) is 1.11. The van der Waals surface area contributed by atoms with Crippen LogP contribution < -0.4 is 0 Å². The third-order valence-electron chi connectivity index (χ3n) is 0.812. The molecule has 0 radical (unpaired) electrons. The van der Waals surface area contributed by atoms with Gasteiger partial charge >= 0.3 is 4.45 Å². The average Bonchev–Trinajstić information content (AvgIpc) is 2.06. The standard InChI is InChI=1S/C3H6BrNO4.I2/c4-3(1-6,2-7)5(8)9;1-2/h6-7H,1-2H2;. The summed E-state index contributed by atoms with van der Waals surface area (Å²) in [6, 6.07) is 0. The SMILES string of the molecule is II.O=[N+]([O-])C(Br)(CO)CO. The zero-order valence-corrected chi connectivity index (χ0v) is 11.1. The molecule has 0 aromatic carbocycles. The van der Waals surface area contributed by atoms with Crippen molar-refractivity contribution < 1.29 is 15.1 Å². The fraction of sp³-hybridized carbons (Fsp3) is 1.00. The van der Waals surface area contributed by atoms with Crippen molar-refractivity contribution in [2.45, 2.75) is 4.45 Å². The molecule has 0 saturated heterocycles. The first-order valence-corrected chi connectivity index (χ1v) is 9.34. The van der Waals surface area contributed by atoms with Gasteiger partial charge in [0.1, 0.15) is 13.2 Å². The van der Waals surface area contributed by atoms with Gasteiger partial charge in [-0.2, -0.15) is 0 Å². The number of rotatable bonds is 3. The summed E-state index contributed by atoms with van der Waals surface area (Å²) in [6.07, 6.45) is 0. The molecule has 5 nitrogen and oxygen atoms in total. The molecule has 8 heteroatoms. The summed E-state index contributed by atoms with van der Waals surface area (Å²) in [7, 11) is 0. The predicted molar refractivity (Wildman–Crippen MR) is 60.9 cm³/mol. The van der Waals surface area contributed by atoms with E-state index in [1.54, 1.807) is 0 Å². The Bertz CT molecular complexity index is 120. The summed E-state index contributed by atoms with van der Waals surface area (Å²) in [5, 5.41) is 26.5. The van der Waals surface area contributed by atoms with Gasteiger partial charge in [-0.15, -0.1) is 0 Å². The molecular formula is C3H6BrI2NO4. The molecule has 68 valence electrons. The van der Waals surface area contributed by atoms with Crippen molar-refractivity contribution >= 4 is 53.2 Å². The average molecular weight is 454 g/mol. The second-order valence-corrected chi connectivity index (χ2v) is 2.97. The number of hydrogen-bond donors (Lipinski definition) is 2. The Morgan fingerprint density at radius 1 is 1.45 bits per heavy atom. The minimum absolute atomic E-state index is 0.726. The van der Waals surface area contributed by atoms with E-state index in [1.165, 1.54) is 0 Å². The van der Waals surface area contributed by atoms with Crippen LogP contribution in [-0.2, 0) is 0 Å². The maximum Gasteiger partial charge on any atom is 0.319 e. The van der Waals surface area contributed by atoms with Crippen LogP contribution in [0, 0.1) is 10.1 Å². The van der Waals surface area contributed by atoms with Gasteiger partial charge in [0, 0.05) is 58.1 Å². The van der Waals surface area contributed by atoms with Gasteiger partial charge in [-0.1, -0.05) is 0 Å². The van der Waals surface area contributed by atoms with E-state index in [9.17, 15) is 10.1 Å². The van der Waals surface area contributed by atoms with Gasteiger partial charge in [-0.3, -0.25) is 10.1 Å². The van der Waals surface area contributed by atoms with Crippen molar-refractivity contribution in [3.63, 3.8) is 0 Å². The van der Waals surface area contributed by atoms with Crippen molar-refractivity contribution in [3.05, 3.63) is 10.1 Å². The molecular weight excluding hydrogens is 448 g/mol. The van der Waals surface area contributed by atoms with Crippen molar-refractivity contribution in [1.82, 2.24) is 0 Å². The molecule has 0 saturated carbocycles. The summed E-state index contributed by atoms with van der Waals surface area (Å²) in [4.78, 5) is 9.14. The monoisotopic (exact) mass is 453 g/mol. The Morgan fingerprint density at radius 3 is 1.73 bits per heavy atom. The molecule has 0 amide bonds.